The standard InChI is InChI=1S/C10H20N2/c1-5-6-7-11-8-9-12-10(2,3)4/h11-12H,7-9H2,1-4H3. The van der Waals surface area contributed by atoms with E-state index in [0.717, 1.165) is 19.6 Å². The average Bonchev–Trinajstić information content (AvgIpc) is 1.94. The van der Waals surface area contributed by atoms with Crippen LogP contribution in [-0.4, -0.2) is 25.2 Å². The molecule has 0 aromatic heterocycles. The Morgan fingerprint density at radius 2 is 1.83 bits per heavy atom. The van der Waals surface area contributed by atoms with Crippen LogP contribution in [-0.2, 0) is 0 Å². The van der Waals surface area contributed by atoms with Crippen LogP contribution in [0.1, 0.15) is 27.7 Å². The lowest BCUT2D eigenvalue weighted by atomic mass is 10.1. The van der Waals surface area contributed by atoms with Crippen LogP contribution in [0.15, 0.2) is 0 Å². The summed E-state index contributed by atoms with van der Waals surface area (Å²) in [6.45, 7) is 11.1. The second kappa shape index (κ2) is 6.05. The minimum absolute atomic E-state index is 0.220. The minimum atomic E-state index is 0.220. The zero-order valence-corrected chi connectivity index (χ0v) is 8.62. The lowest BCUT2D eigenvalue weighted by Crippen LogP contribution is -2.40. The molecule has 2 heteroatoms. The van der Waals surface area contributed by atoms with E-state index >= 15 is 0 Å². The second-order valence-electron chi connectivity index (χ2n) is 3.78. The Kier molecular flexibility index (Phi) is 5.79. The average molecular weight is 168 g/mol. The Labute approximate surface area is 76.1 Å². The second-order valence-corrected chi connectivity index (χ2v) is 3.78. The normalized spacial score (nSPS) is 10.7. The van der Waals surface area contributed by atoms with E-state index in [9.17, 15) is 0 Å². The first-order valence-corrected chi connectivity index (χ1v) is 4.41. The van der Waals surface area contributed by atoms with Gasteiger partial charge in [0.05, 0.1) is 6.54 Å². The van der Waals surface area contributed by atoms with Crippen LogP contribution in [0.4, 0.5) is 0 Å². The molecule has 0 unspecified atom stereocenters. The highest BCUT2D eigenvalue weighted by molar-refractivity contribution is 4.96. The Hall–Kier alpha value is -0.520. The van der Waals surface area contributed by atoms with Crippen LogP contribution < -0.4 is 10.6 Å². The fourth-order valence-electron chi connectivity index (χ4n) is 0.765. The van der Waals surface area contributed by atoms with Gasteiger partial charge in [0.1, 0.15) is 0 Å². The Morgan fingerprint density at radius 1 is 1.17 bits per heavy atom. The van der Waals surface area contributed by atoms with Crippen molar-refractivity contribution in [2.45, 2.75) is 33.2 Å². The molecule has 0 aromatic rings. The summed E-state index contributed by atoms with van der Waals surface area (Å²) < 4.78 is 0. The number of nitrogens with one attached hydrogen (secondary N) is 2. The van der Waals surface area contributed by atoms with E-state index in [-0.39, 0.29) is 5.54 Å². The topological polar surface area (TPSA) is 24.1 Å². The summed E-state index contributed by atoms with van der Waals surface area (Å²) in [5.74, 6) is 5.80. The molecule has 0 saturated heterocycles. The van der Waals surface area contributed by atoms with Gasteiger partial charge in [0.15, 0.2) is 0 Å². The molecule has 0 heterocycles. The molecule has 12 heavy (non-hydrogen) atoms. The molecule has 0 aliphatic carbocycles. The third-order valence-corrected chi connectivity index (χ3v) is 1.35. The van der Waals surface area contributed by atoms with Gasteiger partial charge in [-0.05, 0) is 27.7 Å². The SMILES string of the molecule is CC#CCNCCNC(C)(C)C. The van der Waals surface area contributed by atoms with Crippen LogP contribution in [0.25, 0.3) is 0 Å². The van der Waals surface area contributed by atoms with Gasteiger partial charge in [-0.15, -0.1) is 5.92 Å². The summed E-state index contributed by atoms with van der Waals surface area (Å²) in [5, 5.41) is 6.61. The summed E-state index contributed by atoms with van der Waals surface area (Å²) in [6.07, 6.45) is 0. The van der Waals surface area contributed by atoms with Gasteiger partial charge in [0.25, 0.3) is 0 Å². The van der Waals surface area contributed by atoms with Gasteiger partial charge in [-0.2, -0.15) is 0 Å². The first kappa shape index (κ1) is 11.5. The molecule has 0 bridgehead atoms. The van der Waals surface area contributed by atoms with Gasteiger partial charge < -0.3 is 10.6 Å². The van der Waals surface area contributed by atoms with Gasteiger partial charge in [0, 0.05) is 18.6 Å². The number of hydrogen-bond acceptors (Lipinski definition) is 2. The van der Waals surface area contributed by atoms with Gasteiger partial charge in [-0.1, -0.05) is 5.92 Å². The zero-order valence-electron chi connectivity index (χ0n) is 8.62. The Morgan fingerprint density at radius 3 is 2.33 bits per heavy atom. The molecule has 0 saturated carbocycles. The van der Waals surface area contributed by atoms with E-state index in [1.165, 1.54) is 0 Å². The summed E-state index contributed by atoms with van der Waals surface area (Å²) in [5.41, 5.74) is 0.220. The van der Waals surface area contributed by atoms with Crippen LogP contribution >= 0.6 is 0 Å². The number of hydrogen-bond donors (Lipinski definition) is 2. The van der Waals surface area contributed by atoms with E-state index in [1.54, 1.807) is 0 Å². The highest BCUT2D eigenvalue weighted by Gasteiger charge is 2.06. The van der Waals surface area contributed by atoms with E-state index < -0.39 is 0 Å². The predicted molar refractivity (Wildman–Crippen MR) is 54.1 cm³/mol. The molecule has 0 atom stereocenters. The molecule has 0 fully saturated rings. The molecule has 0 rings (SSSR count). The van der Waals surface area contributed by atoms with Crippen molar-refractivity contribution in [2.24, 2.45) is 0 Å². The molecule has 0 aliphatic rings. The molecular formula is C10H20N2. The van der Waals surface area contributed by atoms with Gasteiger partial charge in [-0.25, -0.2) is 0 Å². The fourth-order valence-corrected chi connectivity index (χ4v) is 0.765. The molecule has 0 aromatic carbocycles. The van der Waals surface area contributed by atoms with Crippen LogP contribution in [0.2, 0.25) is 0 Å². The largest absolute Gasteiger partial charge is 0.311 e. The molecule has 0 aliphatic heterocycles. The fraction of sp³-hybridized carbons (Fsp3) is 0.800. The Bertz CT molecular complexity index is 157. The van der Waals surface area contributed by atoms with Crippen LogP contribution in [0, 0.1) is 11.8 Å². The van der Waals surface area contributed by atoms with Crippen molar-refractivity contribution in [1.29, 1.82) is 0 Å². The summed E-state index contributed by atoms with van der Waals surface area (Å²) in [6, 6.07) is 0. The molecular weight excluding hydrogens is 148 g/mol. The monoisotopic (exact) mass is 168 g/mol. The molecule has 0 radical (unpaired) electrons. The molecule has 2 N–H and O–H groups in total. The number of rotatable bonds is 4. The maximum atomic E-state index is 3.39. The third-order valence-electron chi connectivity index (χ3n) is 1.35. The van der Waals surface area contributed by atoms with Crippen molar-refractivity contribution < 1.29 is 0 Å². The van der Waals surface area contributed by atoms with Gasteiger partial charge >= 0.3 is 0 Å². The summed E-state index contributed by atoms with van der Waals surface area (Å²) >= 11 is 0. The molecule has 2 nitrogen and oxygen atoms in total. The van der Waals surface area contributed by atoms with Crippen molar-refractivity contribution in [3.8, 4) is 11.8 Å². The molecule has 70 valence electrons. The molecule has 0 spiro atoms. The Balaban J connectivity index is 3.15. The van der Waals surface area contributed by atoms with Crippen molar-refractivity contribution in [3.05, 3.63) is 0 Å². The highest BCUT2D eigenvalue weighted by atomic mass is 15.0. The smallest absolute Gasteiger partial charge is 0.0576 e. The first-order chi connectivity index (χ1) is 5.56. The lowest BCUT2D eigenvalue weighted by Gasteiger charge is -2.20. The van der Waals surface area contributed by atoms with E-state index in [2.05, 4.69) is 43.2 Å². The van der Waals surface area contributed by atoms with Crippen molar-refractivity contribution in [1.82, 2.24) is 10.6 Å². The van der Waals surface area contributed by atoms with Crippen LogP contribution in [0.3, 0.4) is 0 Å². The summed E-state index contributed by atoms with van der Waals surface area (Å²) in [4.78, 5) is 0. The van der Waals surface area contributed by atoms with Gasteiger partial charge in [-0.3, -0.25) is 0 Å². The minimum Gasteiger partial charge on any atom is -0.311 e. The van der Waals surface area contributed by atoms with Crippen LogP contribution in [0.5, 0.6) is 0 Å². The quantitative estimate of drug-likeness (QED) is 0.483. The highest BCUT2D eigenvalue weighted by Crippen LogP contribution is 1.95. The van der Waals surface area contributed by atoms with Crippen molar-refractivity contribution in [2.75, 3.05) is 19.6 Å². The predicted octanol–water partition coefficient (Wildman–Crippen LogP) is 0.987. The zero-order chi connectivity index (χ0) is 9.45. The third kappa shape index (κ3) is 9.48. The summed E-state index contributed by atoms with van der Waals surface area (Å²) in [7, 11) is 0. The lowest BCUT2D eigenvalue weighted by molar-refractivity contribution is 0.424. The van der Waals surface area contributed by atoms with Gasteiger partial charge in [0.2, 0.25) is 0 Å². The molecule has 0 amide bonds. The van der Waals surface area contributed by atoms with Crippen molar-refractivity contribution in [3.63, 3.8) is 0 Å². The van der Waals surface area contributed by atoms with E-state index in [0.29, 0.717) is 0 Å². The van der Waals surface area contributed by atoms with E-state index in [4.69, 9.17) is 0 Å². The maximum absolute atomic E-state index is 3.39. The van der Waals surface area contributed by atoms with E-state index in [1.807, 2.05) is 6.92 Å². The first-order valence-electron chi connectivity index (χ1n) is 4.41. The van der Waals surface area contributed by atoms with Crippen molar-refractivity contribution >= 4 is 0 Å². The maximum Gasteiger partial charge on any atom is 0.0576 e.